The van der Waals surface area contributed by atoms with E-state index < -0.39 is 0 Å². The lowest BCUT2D eigenvalue weighted by Crippen LogP contribution is -2.22. The molecule has 0 unspecified atom stereocenters. The third kappa shape index (κ3) is 6.60. The maximum absolute atomic E-state index is 11.7. The molecule has 4 heteroatoms. The van der Waals surface area contributed by atoms with E-state index >= 15 is 0 Å². The van der Waals surface area contributed by atoms with Gasteiger partial charge in [0.05, 0.1) is 0 Å². The summed E-state index contributed by atoms with van der Waals surface area (Å²) in [6.45, 7) is 5.82. The Morgan fingerprint density at radius 1 is 1.26 bits per heavy atom. The first-order valence-corrected chi connectivity index (χ1v) is 7.28. The number of halogens is 1. The summed E-state index contributed by atoms with van der Waals surface area (Å²) in [4.78, 5) is 11.7. The molecule has 0 aliphatic heterocycles. The Labute approximate surface area is 120 Å². The smallest absolute Gasteiger partial charge is 0.225 e. The van der Waals surface area contributed by atoms with E-state index in [1.54, 1.807) is 6.07 Å². The van der Waals surface area contributed by atoms with E-state index in [-0.39, 0.29) is 5.91 Å². The normalized spacial score (nSPS) is 10.5. The first-order chi connectivity index (χ1) is 9.13. The standard InChI is InChI=1S/C15H23ClN2O/c1-3-4-5-9-17-10-8-15(19)18-13-7-6-12(2)14(16)11-13/h6-7,11,17H,3-5,8-10H2,1-2H3,(H,18,19). The highest BCUT2D eigenvalue weighted by molar-refractivity contribution is 6.31. The van der Waals surface area contributed by atoms with E-state index in [2.05, 4.69) is 17.6 Å². The molecule has 0 spiro atoms. The summed E-state index contributed by atoms with van der Waals surface area (Å²) < 4.78 is 0. The van der Waals surface area contributed by atoms with Crippen LogP contribution < -0.4 is 10.6 Å². The van der Waals surface area contributed by atoms with Crippen LogP contribution in [0.1, 0.15) is 38.2 Å². The van der Waals surface area contributed by atoms with Crippen molar-refractivity contribution >= 4 is 23.2 Å². The maximum Gasteiger partial charge on any atom is 0.225 e. The fraction of sp³-hybridized carbons (Fsp3) is 0.533. The molecule has 0 bridgehead atoms. The van der Waals surface area contributed by atoms with Crippen molar-refractivity contribution in [3.63, 3.8) is 0 Å². The summed E-state index contributed by atoms with van der Waals surface area (Å²) in [5.74, 6) is 0.0166. The van der Waals surface area contributed by atoms with Crippen LogP contribution >= 0.6 is 11.6 Å². The number of hydrogen-bond acceptors (Lipinski definition) is 2. The minimum Gasteiger partial charge on any atom is -0.326 e. The van der Waals surface area contributed by atoms with Crippen molar-refractivity contribution in [3.05, 3.63) is 28.8 Å². The second kappa shape index (κ2) is 8.94. The van der Waals surface area contributed by atoms with Crippen molar-refractivity contribution in [2.45, 2.75) is 39.5 Å². The lowest BCUT2D eigenvalue weighted by Gasteiger charge is -2.07. The molecule has 1 aromatic carbocycles. The number of carbonyl (C=O) groups excluding carboxylic acids is 1. The molecule has 3 nitrogen and oxygen atoms in total. The second-order valence-electron chi connectivity index (χ2n) is 4.72. The van der Waals surface area contributed by atoms with Crippen LogP contribution in [0.2, 0.25) is 5.02 Å². The molecule has 1 rings (SSSR count). The predicted molar refractivity (Wildman–Crippen MR) is 81.8 cm³/mol. The zero-order valence-electron chi connectivity index (χ0n) is 11.8. The molecule has 106 valence electrons. The lowest BCUT2D eigenvalue weighted by atomic mass is 10.2. The van der Waals surface area contributed by atoms with Gasteiger partial charge in [-0.3, -0.25) is 4.79 Å². The van der Waals surface area contributed by atoms with Crippen molar-refractivity contribution in [2.24, 2.45) is 0 Å². The summed E-state index contributed by atoms with van der Waals surface area (Å²) in [5, 5.41) is 6.80. The summed E-state index contributed by atoms with van der Waals surface area (Å²) in [6, 6.07) is 5.55. The van der Waals surface area contributed by atoms with E-state index in [4.69, 9.17) is 11.6 Å². The molecule has 0 saturated heterocycles. The number of nitrogens with one attached hydrogen (secondary N) is 2. The van der Waals surface area contributed by atoms with Crippen LogP contribution in [0.25, 0.3) is 0 Å². The lowest BCUT2D eigenvalue weighted by molar-refractivity contribution is -0.116. The molecule has 1 aromatic rings. The van der Waals surface area contributed by atoms with Gasteiger partial charge in [-0.2, -0.15) is 0 Å². The van der Waals surface area contributed by atoms with Crippen LogP contribution in [0.3, 0.4) is 0 Å². The van der Waals surface area contributed by atoms with Crippen LogP contribution in [-0.4, -0.2) is 19.0 Å². The van der Waals surface area contributed by atoms with Crippen LogP contribution in [0.15, 0.2) is 18.2 Å². The van der Waals surface area contributed by atoms with E-state index in [1.165, 1.54) is 19.3 Å². The van der Waals surface area contributed by atoms with Crippen molar-refractivity contribution in [1.29, 1.82) is 0 Å². The van der Waals surface area contributed by atoms with Crippen molar-refractivity contribution in [1.82, 2.24) is 5.32 Å². The fourth-order valence-electron chi connectivity index (χ4n) is 1.72. The fourth-order valence-corrected chi connectivity index (χ4v) is 1.90. The molecule has 0 fully saturated rings. The van der Waals surface area contributed by atoms with Gasteiger partial charge in [0.15, 0.2) is 0 Å². The number of rotatable bonds is 8. The van der Waals surface area contributed by atoms with Crippen LogP contribution in [0.4, 0.5) is 5.69 Å². The van der Waals surface area contributed by atoms with E-state index in [9.17, 15) is 4.79 Å². The van der Waals surface area contributed by atoms with Gasteiger partial charge in [-0.1, -0.05) is 37.4 Å². The molecule has 2 N–H and O–H groups in total. The van der Waals surface area contributed by atoms with E-state index in [0.29, 0.717) is 11.4 Å². The Balaban J connectivity index is 2.21. The minimum atomic E-state index is 0.0166. The second-order valence-corrected chi connectivity index (χ2v) is 5.13. The number of benzene rings is 1. The zero-order chi connectivity index (χ0) is 14.1. The van der Waals surface area contributed by atoms with Crippen molar-refractivity contribution in [3.8, 4) is 0 Å². The van der Waals surface area contributed by atoms with Gasteiger partial charge >= 0.3 is 0 Å². The van der Waals surface area contributed by atoms with Crippen molar-refractivity contribution < 1.29 is 4.79 Å². The number of aryl methyl sites for hydroxylation is 1. The van der Waals surface area contributed by atoms with Gasteiger partial charge in [-0.25, -0.2) is 0 Å². The Kier molecular flexibility index (Phi) is 7.53. The Hall–Kier alpha value is -1.06. The molecule has 0 aliphatic rings. The Morgan fingerprint density at radius 3 is 2.74 bits per heavy atom. The van der Waals surface area contributed by atoms with Gasteiger partial charge in [0.25, 0.3) is 0 Å². The average molecular weight is 283 g/mol. The number of anilines is 1. The quantitative estimate of drug-likeness (QED) is 0.713. The van der Waals surface area contributed by atoms with Crippen LogP contribution in [0.5, 0.6) is 0 Å². The van der Waals surface area contributed by atoms with Gasteiger partial charge in [0.2, 0.25) is 5.91 Å². The van der Waals surface area contributed by atoms with Gasteiger partial charge < -0.3 is 10.6 Å². The number of hydrogen-bond donors (Lipinski definition) is 2. The molecule has 19 heavy (non-hydrogen) atoms. The number of amides is 1. The molecule has 0 heterocycles. The highest BCUT2D eigenvalue weighted by atomic mass is 35.5. The SMILES string of the molecule is CCCCCNCCC(=O)Nc1ccc(C)c(Cl)c1. The maximum atomic E-state index is 11.7. The largest absolute Gasteiger partial charge is 0.326 e. The summed E-state index contributed by atoms with van der Waals surface area (Å²) in [7, 11) is 0. The predicted octanol–water partition coefficient (Wildman–Crippen LogP) is 3.76. The molecule has 0 radical (unpaired) electrons. The topological polar surface area (TPSA) is 41.1 Å². The van der Waals surface area contributed by atoms with Gasteiger partial charge in [-0.05, 0) is 37.6 Å². The molecular weight excluding hydrogens is 260 g/mol. The van der Waals surface area contributed by atoms with E-state index in [1.807, 2.05) is 19.1 Å². The summed E-state index contributed by atoms with van der Waals surface area (Å²) in [5.41, 5.74) is 1.77. The molecular formula is C15H23ClN2O. The van der Waals surface area contributed by atoms with Crippen LogP contribution in [0, 0.1) is 6.92 Å². The van der Waals surface area contributed by atoms with Gasteiger partial charge in [0.1, 0.15) is 0 Å². The Morgan fingerprint density at radius 2 is 2.05 bits per heavy atom. The zero-order valence-corrected chi connectivity index (χ0v) is 12.5. The van der Waals surface area contributed by atoms with Crippen molar-refractivity contribution in [2.75, 3.05) is 18.4 Å². The number of unbranched alkanes of at least 4 members (excludes halogenated alkanes) is 2. The monoisotopic (exact) mass is 282 g/mol. The molecule has 0 aromatic heterocycles. The van der Waals surface area contributed by atoms with Gasteiger partial charge in [-0.15, -0.1) is 0 Å². The first kappa shape index (κ1) is 16.0. The minimum absolute atomic E-state index is 0.0166. The molecule has 0 aliphatic carbocycles. The number of carbonyl (C=O) groups is 1. The molecule has 0 atom stereocenters. The summed E-state index contributed by atoms with van der Waals surface area (Å²) in [6.07, 6.45) is 4.11. The molecule has 1 amide bonds. The molecule has 0 saturated carbocycles. The van der Waals surface area contributed by atoms with Gasteiger partial charge in [0, 0.05) is 23.7 Å². The van der Waals surface area contributed by atoms with Crippen LogP contribution in [-0.2, 0) is 4.79 Å². The highest BCUT2D eigenvalue weighted by Gasteiger charge is 2.03. The van der Waals surface area contributed by atoms with E-state index in [0.717, 1.165) is 24.3 Å². The summed E-state index contributed by atoms with van der Waals surface area (Å²) >= 11 is 6.01. The third-order valence-electron chi connectivity index (χ3n) is 2.94. The first-order valence-electron chi connectivity index (χ1n) is 6.90. The average Bonchev–Trinajstić information content (AvgIpc) is 2.38. The third-order valence-corrected chi connectivity index (χ3v) is 3.35. The highest BCUT2D eigenvalue weighted by Crippen LogP contribution is 2.19. The Bertz CT molecular complexity index is 407.